The fourth-order valence-corrected chi connectivity index (χ4v) is 3.07. The standard InChI is InChI=1S/C14H23NO3/c1-14(2,3)18-13(17)15-11-8-7-9-5-4-6-10(11)12(9)16/h9-11H,4-8H2,1-3H3,(H,15,17). The Kier molecular flexibility index (Phi) is 3.64. The van der Waals surface area contributed by atoms with E-state index in [0.717, 1.165) is 32.1 Å². The quantitative estimate of drug-likeness (QED) is 0.781. The molecule has 0 heterocycles. The number of carbonyl (C=O) groups is 2. The SMILES string of the molecule is CC(C)(C)OC(=O)NC1CCC2CCCC1C2=O. The average Bonchev–Trinajstić information content (AvgIpc) is 2.19. The van der Waals surface area contributed by atoms with Gasteiger partial charge in [0.1, 0.15) is 11.4 Å². The van der Waals surface area contributed by atoms with Crippen LogP contribution in [0, 0.1) is 11.8 Å². The number of carbonyl (C=O) groups excluding carboxylic acids is 2. The van der Waals surface area contributed by atoms with E-state index >= 15 is 0 Å². The molecule has 2 aliphatic rings. The summed E-state index contributed by atoms with van der Waals surface area (Å²) in [7, 11) is 0. The van der Waals surface area contributed by atoms with Gasteiger partial charge >= 0.3 is 6.09 Å². The second-order valence-electron chi connectivity index (χ2n) is 6.47. The predicted molar refractivity (Wildman–Crippen MR) is 68.2 cm³/mol. The topological polar surface area (TPSA) is 55.4 Å². The molecule has 0 spiro atoms. The summed E-state index contributed by atoms with van der Waals surface area (Å²) in [5.74, 6) is 0.624. The third-order valence-electron chi connectivity index (χ3n) is 3.85. The van der Waals surface area contributed by atoms with Crippen molar-refractivity contribution in [2.75, 3.05) is 0 Å². The second kappa shape index (κ2) is 4.90. The summed E-state index contributed by atoms with van der Waals surface area (Å²) in [4.78, 5) is 23.8. The molecule has 18 heavy (non-hydrogen) atoms. The van der Waals surface area contributed by atoms with E-state index in [1.165, 1.54) is 0 Å². The summed E-state index contributed by atoms with van der Waals surface area (Å²) in [5, 5.41) is 2.88. The fourth-order valence-electron chi connectivity index (χ4n) is 3.07. The zero-order valence-corrected chi connectivity index (χ0v) is 11.5. The smallest absolute Gasteiger partial charge is 0.407 e. The first kappa shape index (κ1) is 13.4. The molecular weight excluding hydrogens is 230 g/mol. The monoisotopic (exact) mass is 253 g/mol. The van der Waals surface area contributed by atoms with Crippen LogP contribution in [-0.4, -0.2) is 23.5 Å². The molecule has 2 fully saturated rings. The maximum atomic E-state index is 12.1. The van der Waals surface area contributed by atoms with Crippen LogP contribution >= 0.6 is 0 Å². The van der Waals surface area contributed by atoms with Crippen LogP contribution < -0.4 is 5.32 Å². The minimum Gasteiger partial charge on any atom is -0.444 e. The third-order valence-corrected chi connectivity index (χ3v) is 3.85. The number of rotatable bonds is 1. The molecule has 4 nitrogen and oxygen atoms in total. The molecule has 0 saturated heterocycles. The molecule has 2 saturated carbocycles. The summed E-state index contributed by atoms with van der Waals surface area (Å²) in [5.41, 5.74) is -0.488. The van der Waals surface area contributed by atoms with Crippen molar-refractivity contribution in [2.45, 2.75) is 64.5 Å². The number of amides is 1. The lowest BCUT2D eigenvalue weighted by molar-refractivity contribution is -0.133. The van der Waals surface area contributed by atoms with Crippen molar-refractivity contribution in [3.05, 3.63) is 0 Å². The Morgan fingerprint density at radius 1 is 1.22 bits per heavy atom. The molecule has 0 aromatic rings. The van der Waals surface area contributed by atoms with Gasteiger partial charge in [-0.1, -0.05) is 6.42 Å². The van der Waals surface area contributed by atoms with Gasteiger partial charge < -0.3 is 10.1 Å². The van der Waals surface area contributed by atoms with E-state index < -0.39 is 11.7 Å². The maximum Gasteiger partial charge on any atom is 0.407 e. The maximum absolute atomic E-state index is 12.1. The van der Waals surface area contributed by atoms with Crippen LogP contribution in [0.25, 0.3) is 0 Å². The molecule has 2 rings (SSSR count). The van der Waals surface area contributed by atoms with Gasteiger partial charge in [-0.2, -0.15) is 0 Å². The van der Waals surface area contributed by atoms with Gasteiger partial charge in [-0.3, -0.25) is 4.79 Å². The molecular formula is C14H23NO3. The Balaban J connectivity index is 1.93. The van der Waals surface area contributed by atoms with Crippen LogP contribution in [0.15, 0.2) is 0 Å². The molecule has 2 aliphatic carbocycles. The minimum atomic E-state index is -0.488. The number of ketones is 1. The molecule has 4 heteroatoms. The summed E-state index contributed by atoms with van der Waals surface area (Å²) in [6, 6.07) is -0.0242. The van der Waals surface area contributed by atoms with Crippen molar-refractivity contribution in [3.8, 4) is 0 Å². The molecule has 0 aliphatic heterocycles. The third kappa shape index (κ3) is 3.03. The zero-order chi connectivity index (χ0) is 13.3. The lowest BCUT2D eigenvalue weighted by Crippen LogP contribution is -2.51. The molecule has 2 bridgehead atoms. The van der Waals surface area contributed by atoms with Gasteiger partial charge in [0.2, 0.25) is 0 Å². The number of ether oxygens (including phenoxy) is 1. The first-order valence-corrected chi connectivity index (χ1v) is 6.90. The Morgan fingerprint density at radius 3 is 2.61 bits per heavy atom. The summed E-state index contributed by atoms with van der Waals surface area (Å²) in [6.45, 7) is 5.53. The number of Topliss-reactive ketones (excluding diaryl/α,β-unsaturated/α-hetero) is 1. The van der Waals surface area contributed by atoms with E-state index in [9.17, 15) is 9.59 Å². The number of hydrogen-bond acceptors (Lipinski definition) is 3. The minimum absolute atomic E-state index is 0.0185. The highest BCUT2D eigenvalue weighted by Crippen LogP contribution is 2.37. The predicted octanol–water partition coefficient (Wildman–Crippen LogP) is 2.66. The normalized spacial score (nSPS) is 31.9. The van der Waals surface area contributed by atoms with Crippen LogP contribution in [0.5, 0.6) is 0 Å². The lowest BCUT2D eigenvalue weighted by Gasteiger charge is -2.39. The second-order valence-corrected chi connectivity index (χ2v) is 6.47. The van der Waals surface area contributed by atoms with Crippen molar-refractivity contribution in [1.82, 2.24) is 5.32 Å². The van der Waals surface area contributed by atoms with Gasteiger partial charge in [-0.15, -0.1) is 0 Å². The van der Waals surface area contributed by atoms with Crippen molar-refractivity contribution in [1.29, 1.82) is 0 Å². The van der Waals surface area contributed by atoms with Gasteiger partial charge in [0.25, 0.3) is 0 Å². The lowest BCUT2D eigenvalue weighted by atomic mass is 9.69. The Hall–Kier alpha value is -1.06. The van der Waals surface area contributed by atoms with Gasteiger partial charge in [-0.05, 0) is 46.5 Å². The Labute approximate surface area is 108 Å². The Morgan fingerprint density at radius 2 is 1.94 bits per heavy atom. The van der Waals surface area contributed by atoms with Gasteiger partial charge in [0.15, 0.2) is 0 Å². The van der Waals surface area contributed by atoms with Crippen LogP contribution in [0.1, 0.15) is 52.9 Å². The first-order valence-electron chi connectivity index (χ1n) is 6.90. The van der Waals surface area contributed by atoms with Crippen molar-refractivity contribution in [2.24, 2.45) is 11.8 Å². The molecule has 1 N–H and O–H groups in total. The van der Waals surface area contributed by atoms with Crippen molar-refractivity contribution in [3.63, 3.8) is 0 Å². The highest BCUT2D eigenvalue weighted by atomic mass is 16.6. The number of nitrogens with one attached hydrogen (secondary N) is 1. The van der Waals surface area contributed by atoms with Crippen LogP contribution in [0.4, 0.5) is 4.79 Å². The van der Waals surface area contributed by atoms with E-state index in [-0.39, 0.29) is 17.9 Å². The van der Waals surface area contributed by atoms with Crippen molar-refractivity contribution < 1.29 is 14.3 Å². The van der Waals surface area contributed by atoms with Gasteiger partial charge in [-0.25, -0.2) is 4.79 Å². The molecule has 3 atom stereocenters. The van der Waals surface area contributed by atoms with Gasteiger partial charge in [0.05, 0.1) is 0 Å². The molecule has 1 amide bonds. The molecule has 0 aromatic carbocycles. The first-order chi connectivity index (χ1) is 8.37. The van der Waals surface area contributed by atoms with E-state index in [1.54, 1.807) is 0 Å². The van der Waals surface area contributed by atoms with Crippen LogP contribution in [0.2, 0.25) is 0 Å². The highest BCUT2D eigenvalue weighted by molar-refractivity contribution is 5.86. The summed E-state index contributed by atoms with van der Waals surface area (Å²) < 4.78 is 5.25. The highest BCUT2D eigenvalue weighted by Gasteiger charge is 2.41. The summed E-state index contributed by atoms with van der Waals surface area (Å²) in [6.07, 6.45) is 4.47. The largest absolute Gasteiger partial charge is 0.444 e. The van der Waals surface area contributed by atoms with Crippen molar-refractivity contribution >= 4 is 11.9 Å². The van der Waals surface area contributed by atoms with Gasteiger partial charge in [0, 0.05) is 17.9 Å². The average molecular weight is 253 g/mol. The fraction of sp³-hybridized carbons (Fsp3) is 0.857. The van der Waals surface area contributed by atoms with E-state index in [0.29, 0.717) is 5.78 Å². The van der Waals surface area contributed by atoms with E-state index in [1.807, 2.05) is 20.8 Å². The number of fused-ring (bicyclic) bond motifs is 2. The Bertz CT molecular complexity index is 345. The van der Waals surface area contributed by atoms with E-state index in [2.05, 4.69) is 5.32 Å². The molecule has 102 valence electrons. The zero-order valence-electron chi connectivity index (χ0n) is 11.5. The van der Waals surface area contributed by atoms with Crippen LogP contribution in [-0.2, 0) is 9.53 Å². The number of alkyl carbamates (subject to hydrolysis) is 1. The molecule has 0 aromatic heterocycles. The molecule has 3 unspecified atom stereocenters. The van der Waals surface area contributed by atoms with Crippen LogP contribution in [0.3, 0.4) is 0 Å². The van der Waals surface area contributed by atoms with E-state index in [4.69, 9.17) is 4.74 Å². The number of hydrogen-bond donors (Lipinski definition) is 1. The summed E-state index contributed by atoms with van der Waals surface area (Å²) >= 11 is 0. The molecule has 0 radical (unpaired) electrons.